The Morgan fingerprint density at radius 1 is 1.10 bits per heavy atom. The molecule has 1 saturated heterocycles. The van der Waals surface area contributed by atoms with Gasteiger partial charge < -0.3 is 4.90 Å². The number of hydrogen-bond acceptors (Lipinski definition) is 4. The van der Waals surface area contributed by atoms with Gasteiger partial charge in [0.2, 0.25) is 0 Å². The van der Waals surface area contributed by atoms with Gasteiger partial charge in [-0.3, -0.25) is 9.78 Å². The SMILES string of the molecule is C[C@@H]1CCCN(C(=O)c2cc(Cl)ccc2-c2ncccn2)[C@@H]1CCc1ccc(Cl)cn1. The molecule has 0 spiro atoms. The fraction of sp³-hybridized carbons (Fsp3) is 0.333. The standard InChI is InChI=1S/C24H24Cl2N4O/c1-16-4-2-13-30(22(16)10-8-19-7-5-18(26)15-29-19)24(31)21-14-17(25)6-9-20(21)23-27-11-3-12-28-23/h3,5-7,9,11-12,14-16,22H,2,4,8,10,13H2,1H3/t16-,22-/m1/s1. The molecule has 0 bridgehead atoms. The molecule has 3 aromatic rings. The van der Waals surface area contributed by atoms with Crippen LogP contribution in [0.1, 0.15) is 42.2 Å². The number of halogens is 2. The second-order valence-electron chi connectivity index (χ2n) is 7.95. The number of piperidine rings is 1. The molecule has 0 N–H and O–H groups in total. The van der Waals surface area contributed by atoms with E-state index in [2.05, 4.69) is 21.9 Å². The first-order chi connectivity index (χ1) is 15.0. The van der Waals surface area contributed by atoms with Gasteiger partial charge in [-0.1, -0.05) is 30.1 Å². The third-order valence-electron chi connectivity index (χ3n) is 5.88. The van der Waals surface area contributed by atoms with Crippen molar-refractivity contribution in [1.82, 2.24) is 19.9 Å². The van der Waals surface area contributed by atoms with E-state index >= 15 is 0 Å². The van der Waals surface area contributed by atoms with Crippen molar-refractivity contribution in [2.45, 2.75) is 38.6 Å². The fourth-order valence-corrected chi connectivity index (χ4v) is 4.56. The third kappa shape index (κ3) is 5.05. The molecule has 160 valence electrons. The first kappa shape index (κ1) is 21.7. The van der Waals surface area contributed by atoms with Gasteiger partial charge >= 0.3 is 0 Å². The van der Waals surface area contributed by atoms with Crippen molar-refractivity contribution in [2.24, 2.45) is 5.92 Å². The number of rotatable bonds is 5. The highest BCUT2D eigenvalue weighted by molar-refractivity contribution is 6.31. The molecule has 3 heterocycles. The van der Waals surface area contributed by atoms with E-state index in [9.17, 15) is 4.79 Å². The number of pyridine rings is 1. The monoisotopic (exact) mass is 454 g/mol. The maximum atomic E-state index is 13.7. The molecule has 0 radical (unpaired) electrons. The summed E-state index contributed by atoms with van der Waals surface area (Å²) in [6.45, 7) is 2.95. The molecule has 7 heteroatoms. The summed E-state index contributed by atoms with van der Waals surface area (Å²) in [4.78, 5) is 28.8. The summed E-state index contributed by atoms with van der Waals surface area (Å²) in [5.74, 6) is 0.903. The largest absolute Gasteiger partial charge is 0.335 e. The number of hydrogen-bond donors (Lipinski definition) is 0. The maximum absolute atomic E-state index is 13.7. The van der Waals surface area contributed by atoms with Crippen LogP contribution in [0, 0.1) is 5.92 Å². The summed E-state index contributed by atoms with van der Waals surface area (Å²) in [7, 11) is 0. The van der Waals surface area contributed by atoms with Gasteiger partial charge in [-0.25, -0.2) is 9.97 Å². The lowest BCUT2D eigenvalue weighted by atomic mass is 9.86. The zero-order chi connectivity index (χ0) is 21.8. The summed E-state index contributed by atoms with van der Waals surface area (Å²) in [5, 5.41) is 1.15. The van der Waals surface area contributed by atoms with Crippen LogP contribution in [0.2, 0.25) is 10.0 Å². The van der Waals surface area contributed by atoms with Gasteiger partial charge in [-0.2, -0.15) is 0 Å². The van der Waals surface area contributed by atoms with E-state index in [-0.39, 0.29) is 11.9 Å². The first-order valence-electron chi connectivity index (χ1n) is 10.5. The quantitative estimate of drug-likeness (QED) is 0.494. The first-order valence-corrected chi connectivity index (χ1v) is 11.3. The molecule has 4 rings (SSSR count). The van der Waals surface area contributed by atoms with Crippen molar-refractivity contribution in [3.63, 3.8) is 0 Å². The summed E-state index contributed by atoms with van der Waals surface area (Å²) in [6.07, 6.45) is 8.75. The van der Waals surface area contributed by atoms with Crippen molar-refractivity contribution in [1.29, 1.82) is 0 Å². The van der Waals surface area contributed by atoms with Gasteiger partial charge in [0, 0.05) is 47.5 Å². The topological polar surface area (TPSA) is 59.0 Å². The van der Waals surface area contributed by atoms with E-state index in [4.69, 9.17) is 23.2 Å². The molecular weight excluding hydrogens is 431 g/mol. The predicted molar refractivity (Wildman–Crippen MR) is 123 cm³/mol. The Bertz CT molecular complexity index is 1040. The van der Waals surface area contributed by atoms with Crippen molar-refractivity contribution in [3.05, 3.63) is 76.3 Å². The maximum Gasteiger partial charge on any atom is 0.254 e. The number of benzene rings is 1. The molecule has 1 aliphatic rings. The Labute approximate surface area is 192 Å². The Kier molecular flexibility index (Phi) is 6.83. The van der Waals surface area contributed by atoms with E-state index in [0.29, 0.717) is 32.9 Å². The van der Waals surface area contributed by atoms with Gasteiger partial charge in [0.1, 0.15) is 0 Å². The number of aryl methyl sites for hydroxylation is 1. The van der Waals surface area contributed by atoms with Gasteiger partial charge in [-0.05, 0) is 68.0 Å². The normalized spacial score (nSPS) is 18.7. The van der Waals surface area contributed by atoms with Crippen LogP contribution in [0.5, 0.6) is 0 Å². The van der Waals surface area contributed by atoms with Crippen LogP contribution in [0.4, 0.5) is 0 Å². The minimum atomic E-state index is -0.0226. The minimum absolute atomic E-state index is 0.0226. The number of aromatic nitrogens is 3. The van der Waals surface area contributed by atoms with Gasteiger partial charge in [0.15, 0.2) is 5.82 Å². The smallest absolute Gasteiger partial charge is 0.254 e. The van der Waals surface area contributed by atoms with E-state index in [1.54, 1.807) is 36.8 Å². The summed E-state index contributed by atoms with van der Waals surface area (Å²) < 4.78 is 0. The van der Waals surface area contributed by atoms with Crippen LogP contribution in [-0.2, 0) is 6.42 Å². The van der Waals surface area contributed by atoms with E-state index < -0.39 is 0 Å². The van der Waals surface area contributed by atoms with Crippen LogP contribution in [-0.4, -0.2) is 38.3 Å². The lowest BCUT2D eigenvalue weighted by Crippen LogP contribution is -2.48. The van der Waals surface area contributed by atoms with E-state index in [1.807, 2.05) is 23.1 Å². The molecule has 1 aromatic carbocycles. The summed E-state index contributed by atoms with van der Waals surface area (Å²) >= 11 is 12.2. The molecule has 1 aliphatic heterocycles. The van der Waals surface area contributed by atoms with E-state index in [1.165, 1.54) is 0 Å². The predicted octanol–water partition coefficient (Wildman–Crippen LogP) is 5.72. The van der Waals surface area contributed by atoms with Crippen molar-refractivity contribution in [2.75, 3.05) is 6.54 Å². The van der Waals surface area contributed by atoms with Crippen molar-refractivity contribution in [3.8, 4) is 11.4 Å². The lowest BCUT2D eigenvalue weighted by Gasteiger charge is -2.40. The Morgan fingerprint density at radius 3 is 2.61 bits per heavy atom. The van der Waals surface area contributed by atoms with Crippen LogP contribution in [0.25, 0.3) is 11.4 Å². The molecule has 1 fully saturated rings. The molecule has 0 saturated carbocycles. The molecule has 1 amide bonds. The zero-order valence-corrected chi connectivity index (χ0v) is 18.9. The van der Waals surface area contributed by atoms with Crippen molar-refractivity contribution >= 4 is 29.1 Å². The fourth-order valence-electron chi connectivity index (χ4n) is 4.27. The number of carbonyl (C=O) groups is 1. The Balaban J connectivity index is 1.61. The molecule has 0 aliphatic carbocycles. The summed E-state index contributed by atoms with van der Waals surface area (Å²) in [6, 6.07) is 11.0. The molecule has 5 nitrogen and oxygen atoms in total. The van der Waals surface area contributed by atoms with E-state index in [0.717, 1.165) is 37.9 Å². The highest BCUT2D eigenvalue weighted by Crippen LogP contribution is 2.31. The second-order valence-corrected chi connectivity index (χ2v) is 8.83. The molecule has 31 heavy (non-hydrogen) atoms. The summed E-state index contributed by atoms with van der Waals surface area (Å²) in [5.41, 5.74) is 2.23. The van der Waals surface area contributed by atoms with Crippen molar-refractivity contribution < 1.29 is 4.79 Å². The number of amides is 1. The lowest BCUT2D eigenvalue weighted by molar-refractivity contribution is 0.0500. The third-order valence-corrected chi connectivity index (χ3v) is 6.34. The van der Waals surface area contributed by atoms with Gasteiger partial charge in [-0.15, -0.1) is 0 Å². The zero-order valence-electron chi connectivity index (χ0n) is 17.3. The second kappa shape index (κ2) is 9.75. The molecule has 0 unspecified atom stereocenters. The Hall–Kier alpha value is -2.50. The number of likely N-dealkylation sites (tertiary alicyclic amines) is 1. The molecular formula is C24H24Cl2N4O. The highest BCUT2D eigenvalue weighted by Gasteiger charge is 2.33. The number of nitrogens with zero attached hydrogens (tertiary/aromatic N) is 4. The number of carbonyl (C=O) groups excluding carboxylic acids is 1. The van der Waals surface area contributed by atoms with Crippen LogP contribution < -0.4 is 0 Å². The highest BCUT2D eigenvalue weighted by atomic mass is 35.5. The van der Waals surface area contributed by atoms with Crippen LogP contribution in [0.15, 0.2) is 55.0 Å². The minimum Gasteiger partial charge on any atom is -0.335 e. The van der Waals surface area contributed by atoms with Crippen LogP contribution in [0.3, 0.4) is 0 Å². The average molecular weight is 455 g/mol. The molecule has 2 aromatic heterocycles. The van der Waals surface area contributed by atoms with Gasteiger partial charge in [0.25, 0.3) is 5.91 Å². The molecule has 2 atom stereocenters. The average Bonchev–Trinajstić information content (AvgIpc) is 2.79. The van der Waals surface area contributed by atoms with Crippen LogP contribution >= 0.6 is 23.2 Å². The van der Waals surface area contributed by atoms with Gasteiger partial charge in [0.05, 0.1) is 10.6 Å². The Morgan fingerprint density at radius 2 is 1.87 bits per heavy atom.